The summed E-state index contributed by atoms with van der Waals surface area (Å²) < 4.78 is 0. The standard InChI is InChI=1S/C13H18N4S/c1-2-18-12-5-3-4-11(12)17-13-10(15)6-9(7-14)8-16-13/h6,8,11-12H,2-5,15H2,1H3,(H,16,17). The SMILES string of the molecule is CCSC1CCCC1Nc1ncc(C#N)cc1N. The number of pyridine rings is 1. The summed E-state index contributed by atoms with van der Waals surface area (Å²) in [5, 5.41) is 12.9. The highest BCUT2D eigenvalue weighted by Gasteiger charge is 2.27. The van der Waals surface area contributed by atoms with Crippen LogP contribution in [0.4, 0.5) is 11.5 Å². The Balaban J connectivity index is 2.07. The molecule has 5 heteroatoms. The largest absolute Gasteiger partial charge is 0.396 e. The summed E-state index contributed by atoms with van der Waals surface area (Å²) in [7, 11) is 0. The van der Waals surface area contributed by atoms with Crippen molar-refractivity contribution in [1.29, 1.82) is 5.26 Å². The molecule has 0 radical (unpaired) electrons. The quantitative estimate of drug-likeness (QED) is 0.872. The lowest BCUT2D eigenvalue weighted by atomic mass is 10.2. The minimum Gasteiger partial charge on any atom is -0.396 e. The average molecular weight is 262 g/mol. The first-order valence-electron chi connectivity index (χ1n) is 6.28. The zero-order valence-corrected chi connectivity index (χ0v) is 11.3. The van der Waals surface area contributed by atoms with E-state index in [-0.39, 0.29) is 0 Å². The molecular formula is C13H18N4S. The van der Waals surface area contributed by atoms with E-state index in [9.17, 15) is 0 Å². The Kier molecular flexibility index (Phi) is 4.32. The van der Waals surface area contributed by atoms with E-state index in [0.29, 0.717) is 28.4 Å². The first-order chi connectivity index (χ1) is 8.74. The molecule has 18 heavy (non-hydrogen) atoms. The van der Waals surface area contributed by atoms with Crippen LogP contribution in [0.5, 0.6) is 0 Å². The molecule has 1 aromatic rings. The van der Waals surface area contributed by atoms with Gasteiger partial charge in [-0.1, -0.05) is 13.3 Å². The van der Waals surface area contributed by atoms with Crippen LogP contribution in [0.15, 0.2) is 12.3 Å². The van der Waals surface area contributed by atoms with E-state index in [2.05, 4.69) is 17.2 Å². The van der Waals surface area contributed by atoms with Crippen LogP contribution in [0, 0.1) is 11.3 Å². The third-order valence-electron chi connectivity index (χ3n) is 3.20. The van der Waals surface area contributed by atoms with Gasteiger partial charge in [0.15, 0.2) is 0 Å². The molecular weight excluding hydrogens is 244 g/mol. The average Bonchev–Trinajstić information content (AvgIpc) is 2.80. The Labute approximate surface area is 112 Å². The fourth-order valence-electron chi connectivity index (χ4n) is 2.34. The fraction of sp³-hybridized carbons (Fsp3) is 0.538. The Morgan fingerprint density at radius 2 is 2.44 bits per heavy atom. The van der Waals surface area contributed by atoms with Gasteiger partial charge < -0.3 is 11.1 Å². The van der Waals surface area contributed by atoms with Crippen molar-refractivity contribution in [2.75, 3.05) is 16.8 Å². The lowest BCUT2D eigenvalue weighted by Gasteiger charge is -2.21. The van der Waals surface area contributed by atoms with Gasteiger partial charge in [-0.15, -0.1) is 0 Å². The fourth-order valence-corrected chi connectivity index (χ4v) is 3.54. The number of hydrogen-bond donors (Lipinski definition) is 2. The molecule has 0 aromatic carbocycles. The van der Waals surface area contributed by atoms with E-state index in [1.54, 1.807) is 12.3 Å². The van der Waals surface area contributed by atoms with Gasteiger partial charge in [-0.3, -0.25) is 0 Å². The van der Waals surface area contributed by atoms with Crippen molar-refractivity contribution in [2.45, 2.75) is 37.5 Å². The van der Waals surface area contributed by atoms with Crippen molar-refractivity contribution in [1.82, 2.24) is 4.98 Å². The Hall–Kier alpha value is -1.41. The molecule has 1 fully saturated rings. The van der Waals surface area contributed by atoms with Crippen LogP contribution in [0.25, 0.3) is 0 Å². The van der Waals surface area contributed by atoms with Crippen molar-refractivity contribution in [3.63, 3.8) is 0 Å². The molecule has 1 aromatic heterocycles. The Bertz CT molecular complexity index is 455. The summed E-state index contributed by atoms with van der Waals surface area (Å²) in [6.45, 7) is 2.19. The van der Waals surface area contributed by atoms with Crippen molar-refractivity contribution in [3.05, 3.63) is 17.8 Å². The lowest BCUT2D eigenvalue weighted by Crippen LogP contribution is -2.27. The van der Waals surface area contributed by atoms with Gasteiger partial charge in [0.2, 0.25) is 0 Å². The van der Waals surface area contributed by atoms with Gasteiger partial charge in [0, 0.05) is 17.5 Å². The maximum atomic E-state index is 8.78. The first kappa shape index (κ1) is 13.0. The topological polar surface area (TPSA) is 74.7 Å². The summed E-state index contributed by atoms with van der Waals surface area (Å²) in [6.07, 6.45) is 5.24. The zero-order valence-electron chi connectivity index (χ0n) is 10.5. The first-order valence-corrected chi connectivity index (χ1v) is 7.33. The van der Waals surface area contributed by atoms with Gasteiger partial charge >= 0.3 is 0 Å². The third-order valence-corrected chi connectivity index (χ3v) is 4.53. The number of nitrogen functional groups attached to an aromatic ring is 1. The van der Waals surface area contributed by atoms with Gasteiger partial charge in [0.1, 0.15) is 11.9 Å². The van der Waals surface area contributed by atoms with E-state index in [0.717, 1.165) is 5.75 Å². The number of anilines is 2. The number of thioether (sulfide) groups is 1. The molecule has 2 rings (SSSR count). The van der Waals surface area contributed by atoms with E-state index < -0.39 is 0 Å². The van der Waals surface area contributed by atoms with Crippen LogP contribution in [0.1, 0.15) is 31.7 Å². The van der Waals surface area contributed by atoms with Crippen molar-refractivity contribution >= 4 is 23.3 Å². The molecule has 3 N–H and O–H groups in total. The van der Waals surface area contributed by atoms with Gasteiger partial charge in [-0.05, 0) is 24.7 Å². The van der Waals surface area contributed by atoms with Crippen LogP contribution in [0.3, 0.4) is 0 Å². The van der Waals surface area contributed by atoms with E-state index >= 15 is 0 Å². The third kappa shape index (κ3) is 2.88. The molecule has 0 bridgehead atoms. The molecule has 0 amide bonds. The van der Waals surface area contributed by atoms with Gasteiger partial charge in [-0.2, -0.15) is 17.0 Å². The highest BCUT2D eigenvalue weighted by molar-refractivity contribution is 7.99. The minimum atomic E-state index is 0.442. The molecule has 0 aliphatic heterocycles. The number of nitrogens with one attached hydrogen (secondary N) is 1. The molecule has 0 spiro atoms. The summed E-state index contributed by atoms with van der Waals surface area (Å²) in [6, 6.07) is 4.16. The van der Waals surface area contributed by atoms with Crippen LogP contribution >= 0.6 is 11.8 Å². The van der Waals surface area contributed by atoms with Gasteiger partial charge in [0.05, 0.1) is 11.3 Å². The molecule has 4 nitrogen and oxygen atoms in total. The monoisotopic (exact) mass is 262 g/mol. The Morgan fingerprint density at radius 3 is 3.11 bits per heavy atom. The van der Waals surface area contributed by atoms with Gasteiger partial charge in [-0.25, -0.2) is 4.98 Å². The predicted octanol–water partition coefficient (Wildman–Crippen LogP) is 2.62. The van der Waals surface area contributed by atoms with Crippen LogP contribution in [-0.4, -0.2) is 22.0 Å². The van der Waals surface area contributed by atoms with Crippen molar-refractivity contribution in [2.24, 2.45) is 0 Å². The number of rotatable bonds is 4. The smallest absolute Gasteiger partial charge is 0.149 e. The number of nitriles is 1. The molecule has 2 atom stereocenters. The Morgan fingerprint density at radius 1 is 1.61 bits per heavy atom. The number of nitrogens with zero attached hydrogens (tertiary/aromatic N) is 2. The lowest BCUT2D eigenvalue weighted by molar-refractivity contribution is 0.763. The highest BCUT2D eigenvalue weighted by atomic mass is 32.2. The number of nitrogens with two attached hydrogens (primary N) is 1. The summed E-state index contributed by atoms with van der Waals surface area (Å²) in [5.74, 6) is 1.85. The predicted molar refractivity (Wildman–Crippen MR) is 76.5 cm³/mol. The highest BCUT2D eigenvalue weighted by Crippen LogP contribution is 2.32. The van der Waals surface area contributed by atoms with Crippen molar-refractivity contribution in [3.8, 4) is 6.07 Å². The second-order valence-electron chi connectivity index (χ2n) is 4.45. The molecule has 1 saturated carbocycles. The molecule has 2 unspecified atom stereocenters. The van der Waals surface area contributed by atoms with Crippen molar-refractivity contribution < 1.29 is 0 Å². The van der Waals surface area contributed by atoms with E-state index in [1.807, 2.05) is 17.8 Å². The zero-order chi connectivity index (χ0) is 13.0. The van der Waals surface area contributed by atoms with Crippen LogP contribution in [0.2, 0.25) is 0 Å². The molecule has 0 saturated heterocycles. The maximum absolute atomic E-state index is 8.78. The summed E-state index contributed by atoms with van der Waals surface area (Å²) in [5.41, 5.74) is 6.97. The molecule has 1 aliphatic rings. The van der Waals surface area contributed by atoms with Crippen LogP contribution < -0.4 is 11.1 Å². The number of hydrogen-bond acceptors (Lipinski definition) is 5. The second-order valence-corrected chi connectivity index (χ2v) is 5.97. The second kappa shape index (κ2) is 5.96. The minimum absolute atomic E-state index is 0.442. The normalized spacial score (nSPS) is 22.7. The molecule has 1 heterocycles. The van der Waals surface area contributed by atoms with E-state index in [1.165, 1.54) is 19.3 Å². The maximum Gasteiger partial charge on any atom is 0.149 e. The molecule has 1 aliphatic carbocycles. The van der Waals surface area contributed by atoms with Gasteiger partial charge in [0.25, 0.3) is 0 Å². The summed E-state index contributed by atoms with van der Waals surface area (Å²) in [4.78, 5) is 4.24. The van der Waals surface area contributed by atoms with Crippen LogP contribution in [-0.2, 0) is 0 Å². The number of aromatic nitrogens is 1. The van der Waals surface area contributed by atoms with E-state index in [4.69, 9.17) is 11.0 Å². The summed E-state index contributed by atoms with van der Waals surface area (Å²) >= 11 is 2.00. The molecule has 96 valence electrons.